The van der Waals surface area contributed by atoms with E-state index in [1.807, 2.05) is 12.1 Å². The molecular weight excluding hydrogens is 346 g/mol. The molecule has 0 bridgehead atoms. The maximum absolute atomic E-state index is 12.6. The number of rotatable bonds is 6. The highest BCUT2D eigenvalue weighted by molar-refractivity contribution is 5.97. The number of carbonyl (C=O) groups excluding carboxylic acids is 2. The van der Waals surface area contributed by atoms with Crippen LogP contribution in [0.1, 0.15) is 25.3 Å². The Morgan fingerprint density at radius 3 is 2.85 bits per heavy atom. The molecule has 1 fully saturated rings. The van der Waals surface area contributed by atoms with Crippen molar-refractivity contribution in [3.8, 4) is 11.5 Å². The van der Waals surface area contributed by atoms with Crippen LogP contribution in [0.2, 0.25) is 0 Å². The second-order valence-corrected chi connectivity index (χ2v) is 6.38. The van der Waals surface area contributed by atoms with Gasteiger partial charge in [-0.2, -0.15) is 0 Å². The average Bonchev–Trinajstić information content (AvgIpc) is 3.18. The lowest BCUT2D eigenvalue weighted by Crippen LogP contribution is -2.42. The van der Waals surface area contributed by atoms with Crippen LogP contribution in [0, 0.1) is 0 Å². The predicted molar refractivity (Wildman–Crippen MR) is 101 cm³/mol. The quantitative estimate of drug-likeness (QED) is 0.847. The summed E-state index contributed by atoms with van der Waals surface area (Å²) in [6, 6.07) is 8.55. The third-order valence-electron chi connectivity index (χ3n) is 4.51. The standard InChI is InChI=1S/C20H23N3O4/c1-14(24)23-10-4-6-17(23)20(25)22-16-7-8-18(26-2)19(11-16)27-13-15-5-3-9-21-12-15/h3,5,7-9,11-12,17H,4,6,10,13H2,1-2H3,(H,22,25)/t17-/m1/s1. The molecule has 0 saturated carbocycles. The fourth-order valence-electron chi connectivity index (χ4n) is 3.15. The first-order valence-corrected chi connectivity index (χ1v) is 8.86. The molecule has 1 aromatic carbocycles. The number of amides is 2. The van der Waals surface area contributed by atoms with Crippen molar-refractivity contribution in [1.29, 1.82) is 0 Å². The zero-order chi connectivity index (χ0) is 19.2. The summed E-state index contributed by atoms with van der Waals surface area (Å²) in [5, 5.41) is 2.88. The zero-order valence-electron chi connectivity index (χ0n) is 15.5. The van der Waals surface area contributed by atoms with Crippen LogP contribution in [-0.4, -0.2) is 41.4 Å². The van der Waals surface area contributed by atoms with Gasteiger partial charge in [0.25, 0.3) is 0 Å². The van der Waals surface area contributed by atoms with Gasteiger partial charge in [0.1, 0.15) is 12.6 Å². The molecular formula is C20H23N3O4. The second-order valence-electron chi connectivity index (χ2n) is 6.38. The maximum Gasteiger partial charge on any atom is 0.247 e. The minimum atomic E-state index is -0.427. The molecule has 1 atom stereocenters. The summed E-state index contributed by atoms with van der Waals surface area (Å²) >= 11 is 0. The summed E-state index contributed by atoms with van der Waals surface area (Å²) in [5.41, 5.74) is 1.52. The van der Waals surface area contributed by atoms with Gasteiger partial charge in [-0.15, -0.1) is 0 Å². The second kappa shape index (κ2) is 8.53. The van der Waals surface area contributed by atoms with E-state index in [0.29, 0.717) is 36.8 Å². The van der Waals surface area contributed by atoms with Gasteiger partial charge >= 0.3 is 0 Å². The Balaban J connectivity index is 1.70. The van der Waals surface area contributed by atoms with Crippen molar-refractivity contribution in [3.05, 3.63) is 48.3 Å². The van der Waals surface area contributed by atoms with Crippen LogP contribution < -0.4 is 14.8 Å². The summed E-state index contributed by atoms with van der Waals surface area (Å²) in [5.74, 6) is 0.825. The molecule has 27 heavy (non-hydrogen) atoms. The van der Waals surface area contributed by atoms with E-state index in [1.54, 1.807) is 42.6 Å². The van der Waals surface area contributed by atoms with E-state index in [2.05, 4.69) is 10.3 Å². The van der Waals surface area contributed by atoms with Crippen molar-refractivity contribution in [2.24, 2.45) is 0 Å². The van der Waals surface area contributed by atoms with Gasteiger partial charge in [0.05, 0.1) is 7.11 Å². The van der Waals surface area contributed by atoms with Gasteiger partial charge in [-0.1, -0.05) is 6.07 Å². The smallest absolute Gasteiger partial charge is 0.247 e. The number of likely N-dealkylation sites (tertiary alicyclic amines) is 1. The van der Waals surface area contributed by atoms with Gasteiger partial charge in [0.2, 0.25) is 11.8 Å². The number of pyridine rings is 1. The van der Waals surface area contributed by atoms with Crippen molar-refractivity contribution in [1.82, 2.24) is 9.88 Å². The van der Waals surface area contributed by atoms with Crippen LogP contribution in [0.15, 0.2) is 42.7 Å². The van der Waals surface area contributed by atoms with Gasteiger partial charge in [0.15, 0.2) is 11.5 Å². The Labute approximate surface area is 158 Å². The van der Waals surface area contributed by atoms with Crippen molar-refractivity contribution in [2.75, 3.05) is 19.0 Å². The fourth-order valence-corrected chi connectivity index (χ4v) is 3.15. The predicted octanol–water partition coefficient (Wildman–Crippen LogP) is 2.62. The number of carbonyl (C=O) groups is 2. The Hall–Kier alpha value is -3.09. The van der Waals surface area contributed by atoms with Crippen molar-refractivity contribution in [2.45, 2.75) is 32.4 Å². The third kappa shape index (κ3) is 4.55. The summed E-state index contributed by atoms with van der Waals surface area (Å²) in [7, 11) is 1.56. The highest BCUT2D eigenvalue weighted by Crippen LogP contribution is 2.31. The van der Waals surface area contributed by atoms with E-state index in [0.717, 1.165) is 12.0 Å². The molecule has 2 aromatic rings. The van der Waals surface area contributed by atoms with Crippen molar-refractivity contribution >= 4 is 17.5 Å². The van der Waals surface area contributed by atoms with Crippen LogP contribution in [0.5, 0.6) is 11.5 Å². The molecule has 2 heterocycles. The van der Waals surface area contributed by atoms with Gasteiger partial charge in [-0.25, -0.2) is 0 Å². The summed E-state index contributed by atoms with van der Waals surface area (Å²) < 4.78 is 11.2. The molecule has 2 amide bonds. The van der Waals surface area contributed by atoms with E-state index in [-0.39, 0.29) is 11.8 Å². The number of hydrogen-bond donors (Lipinski definition) is 1. The summed E-state index contributed by atoms with van der Waals surface area (Å²) in [4.78, 5) is 29.9. The van der Waals surface area contributed by atoms with E-state index in [9.17, 15) is 9.59 Å². The lowest BCUT2D eigenvalue weighted by Gasteiger charge is -2.22. The number of aromatic nitrogens is 1. The number of hydrogen-bond acceptors (Lipinski definition) is 5. The molecule has 0 aliphatic carbocycles. The fraction of sp³-hybridized carbons (Fsp3) is 0.350. The number of nitrogens with one attached hydrogen (secondary N) is 1. The molecule has 1 saturated heterocycles. The molecule has 142 valence electrons. The van der Waals surface area contributed by atoms with E-state index < -0.39 is 6.04 Å². The minimum Gasteiger partial charge on any atom is -0.493 e. The summed E-state index contributed by atoms with van der Waals surface area (Å²) in [6.45, 7) is 2.45. The highest BCUT2D eigenvalue weighted by Gasteiger charge is 2.32. The first kappa shape index (κ1) is 18.7. The number of anilines is 1. The average molecular weight is 369 g/mol. The molecule has 0 spiro atoms. The van der Waals surface area contributed by atoms with E-state index in [4.69, 9.17) is 9.47 Å². The molecule has 7 nitrogen and oxygen atoms in total. The zero-order valence-corrected chi connectivity index (χ0v) is 15.5. The normalized spacial score (nSPS) is 16.1. The van der Waals surface area contributed by atoms with Crippen LogP contribution >= 0.6 is 0 Å². The van der Waals surface area contributed by atoms with Crippen LogP contribution in [0.25, 0.3) is 0 Å². The molecule has 1 N–H and O–H groups in total. The Bertz CT molecular complexity index is 810. The monoisotopic (exact) mass is 369 g/mol. The Morgan fingerprint density at radius 1 is 1.30 bits per heavy atom. The molecule has 7 heteroatoms. The lowest BCUT2D eigenvalue weighted by molar-refractivity contribution is -0.134. The van der Waals surface area contributed by atoms with Crippen LogP contribution in [-0.2, 0) is 16.2 Å². The van der Waals surface area contributed by atoms with Gasteiger partial charge < -0.3 is 19.7 Å². The number of methoxy groups -OCH3 is 1. The molecule has 3 rings (SSSR count). The Kier molecular flexibility index (Phi) is 5.90. The molecule has 1 aromatic heterocycles. The first-order valence-electron chi connectivity index (χ1n) is 8.86. The Morgan fingerprint density at radius 2 is 2.15 bits per heavy atom. The molecule has 1 aliphatic heterocycles. The molecule has 0 radical (unpaired) electrons. The minimum absolute atomic E-state index is 0.0807. The van der Waals surface area contributed by atoms with Crippen molar-refractivity contribution < 1.29 is 19.1 Å². The van der Waals surface area contributed by atoms with Crippen LogP contribution in [0.4, 0.5) is 5.69 Å². The molecule has 0 unspecified atom stereocenters. The van der Waals surface area contributed by atoms with Gasteiger partial charge in [-0.05, 0) is 31.0 Å². The number of benzene rings is 1. The third-order valence-corrected chi connectivity index (χ3v) is 4.51. The SMILES string of the molecule is COc1ccc(NC(=O)[C@H]2CCCN2C(C)=O)cc1OCc1cccnc1. The van der Waals surface area contributed by atoms with Gasteiger partial charge in [0, 0.05) is 43.2 Å². The van der Waals surface area contributed by atoms with E-state index >= 15 is 0 Å². The largest absolute Gasteiger partial charge is 0.493 e. The topological polar surface area (TPSA) is 80.8 Å². The van der Waals surface area contributed by atoms with Crippen LogP contribution in [0.3, 0.4) is 0 Å². The van der Waals surface area contributed by atoms with Crippen molar-refractivity contribution in [3.63, 3.8) is 0 Å². The maximum atomic E-state index is 12.6. The highest BCUT2D eigenvalue weighted by atomic mass is 16.5. The number of nitrogens with zero attached hydrogens (tertiary/aromatic N) is 2. The van der Waals surface area contributed by atoms with Gasteiger partial charge in [-0.3, -0.25) is 14.6 Å². The number of ether oxygens (including phenoxy) is 2. The first-order chi connectivity index (χ1) is 13.1. The van der Waals surface area contributed by atoms with E-state index in [1.165, 1.54) is 6.92 Å². The summed E-state index contributed by atoms with van der Waals surface area (Å²) in [6.07, 6.45) is 4.94. The molecule has 1 aliphatic rings. The lowest BCUT2D eigenvalue weighted by atomic mass is 10.2.